The number of nitrogens with two attached hydrogens (primary N) is 1. The molecule has 0 aliphatic rings. The molecule has 0 radical (unpaired) electrons. The van der Waals surface area contributed by atoms with Crippen LogP contribution in [-0.2, 0) is 14.9 Å². The molecule has 0 saturated carbocycles. The highest BCUT2D eigenvalue weighted by Crippen LogP contribution is 2.21. The predicted octanol–water partition coefficient (Wildman–Crippen LogP) is 1.52. The van der Waals surface area contributed by atoms with Crippen LogP contribution in [0.2, 0.25) is 0 Å². The molecule has 0 amide bonds. The fourth-order valence-corrected chi connectivity index (χ4v) is 1.58. The SMILES string of the molecule is COCCOCCCNc1cc(NN)nc(C(C)(C)C)n1. The first-order valence-electron chi connectivity index (χ1n) is 7.14. The van der Waals surface area contributed by atoms with Crippen molar-refractivity contribution in [3.05, 3.63) is 11.9 Å². The van der Waals surface area contributed by atoms with Gasteiger partial charge in [-0.2, -0.15) is 0 Å². The summed E-state index contributed by atoms with van der Waals surface area (Å²) in [6, 6.07) is 1.79. The average molecular weight is 297 g/mol. The standard InChI is InChI=1S/C14H27N5O2/c1-14(2,3)13-17-11(10-12(18-13)19-15)16-6-5-7-21-9-8-20-4/h10H,5-9,15H2,1-4H3,(H2,16,17,18,19). The van der Waals surface area contributed by atoms with Crippen LogP contribution >= 0.6 is 0 Å². The van der Waals surface area contributed by atoms with E-state index in [9.17, 15) is 0 Å². The average Bonchev–Trinajstić information content (AvgIpc) is 2.45. The summed E-state index contributed by atoms with van der Waals surface area (Å²) in [7, 11) is 1.66. The molecule has 0 aliphatic carbocycles. The molecule has 1 aromatic rings. The van der Waals surface area contributed by atoms with Gasteiger partial charge in [0.2, 0.25) is 0 Å². The van der Waals surface area contributed by atoms with Crippen LogP contribution < -0.4 is 16.6 Å². The van der Waals surface area contributed by atoms with E-state index in [4.69, 9.17) is 15.3 Å². The maximum absolute atomic E-state index is 5.45. The van der Waals surface area contributed by atoms with Crippen LogP contribution in [0.1, 0.15) is 33.0 Å². The first-order valence-corrected chi connectivity index (χ1v) is 7.14. The molecule has 1 heterocycles. The molecule has 0 atom stereocenters. The van der Waals surface area contributed by atoms with Gasteiger partial charge in [0.1, 0.15) is 17.5 Å². The van der Waals surface area contributed by atoms with Crippen LogP contribution in [-0.4, -0.2) is 43.4 Å². The number of nitrogens with zero attached hydrogens (tertiary/aromatic N) is 2. The molecule has 7 heteroatoms. The van der Waals surface area contributed by atoms with E-state index in [1.807, 2.05) is 0 Å². The van der Waals surface area contributed by atoms with Crippen molar-refractivity contribution in [2.45, 2.75) is 32.6 Å². The third-order valence-electron chi connectivity index (χ3n) is 2.75. The van der Waals surface area contributed by atoms with Crippen LogP contribution in [0, 0.1) is 0 Å². The maximum Gasteiger partial charge on any atom is 0.145 e. The Kier molecular flexibility index (Phi) is 7.35. The van der Waals surface area contributed by atoms with Gasteiger partial charge in [-0.15, -0.1) is 0 Å². The molecule has 7 nitrogen and oxygen atoms in total. The molecule has 0 aromatic carbocycles. The lowest BCUT2D eigenvalue weighted by molar-refractivity contribution is 0.0705. The Labute approximate surface area is 126 Å². The Balaban J connectivity index is 2.47. The quantitative estimate of drug-likeness (QED) is 0.361. The van der Waals surface area contributed by atoms with Crippen LogP contribution in [0.5, 0.6) is 0 Å². The Hall–Kier alpha value is -1.44. The van der Waals surface area contributed by atoms with Gasteiger partial charge in [-0.05, 0) is 6.42 Å². The molecule has 120 valence electrons. The molecule has 0 bridgehead atoms. The van der Waals surface area contributed by atoms with Crippen LogP contribution in [0.4, 0.5) is 11.6 Å². The summed E-state index contributed by atoms with van der Waals surface area (Å²) in [6.45, 7) is 8.91. The lowest BCUT2D eigenvalue weighted by Gasteiger charge is -2.18. The molecule has 0 fully saturated rings. The monoisotopic (exact) mass is 297 g/mol. The molecular weight excluding hydrogens is 270 g/mol. The van der Waals surface area contributed by atoms with Gasteiger partial charge in [0.25, 0.3) is 0 Å². The number of aromatic nitrogens is 2. The Bertz CT molecular complexity index is 420. The van der Waals surface area contributed by atoms with Crippen molar-refractivity contribution in [2.24, 2.45) is 5.84 Å². The summed E-state index contributed by atoms with van der Waals surface area (Å²) >= 11 is 0. The summed E-state index contributed by atoms with van der Waals surface area (Å²) in [5.74, 6) is 7.57. The van der Waals surface area contributed by atoms with E-state index in [1.165, 1.54) is 0 Å². The summed E-state index contributed by atoms with van der Waals surface area (Å²) in [6.07, 6.45) is 0.893. The zero-order valence-electron chi connectivity index (χ0n) is 13.4. The number of methoxy groups -OCH3 is 1. The van der Waals surface area contributed by atoms with Gasteiger partial charge in [0.15, 0.2) is 0 Å². The van der Waals surface area contributed by atoms with Crippen molar-refractivity contribution in [1.29, 1.82) is 0 Å². The number of hydrogen-bond donors (Lipinski definition) is 3. The molecule has 1 aromatic heterocycles. The highest BCUT2D eigenvalue weighted by molar-refractivity contribution is 5.47. The van der Waals surface area contributed by atoms with Crippen molar-refractivity contribution >= 4 is 11.6 Å². The van der Waals surface area contributed by atoms with Gasteiger partial charge in [-0.25, -0.2) is 15.8 Å². The van der Waals surface area contributed by atoms with Crippen molar-refractivity contribution < 1.29 is 9.47 Å². The lowest BCUT2D eigenvalue weighted by atomic mass is 9.96. The first-order chi connectivity index (χ1) is 9.97. The van der Waals surface area contributed by atoms with Crippen LogP contribution in [0.25, 0.3) is 0 Å². The smallest absolute Gasteiger partial charge is 0.145 e. The highest BCUT2D eigenvalue weighted by atomic mass is 16.5. The zero-order valence-corrected chi connectivity index (χ0v) is 13.4. The Morgan fingerprint density at radius 3 is 2.48 bits per heavy atom. The Morgan fingerprint density at radius 2 is 1.86 bits per heavy atom. The molecule has 1 rings (SSSR count). The van der Waals surface area contributed by atoms with Crippen LogP contribution in [0.3, 0.4) is 0 Å². The number of anilines is 2. The lowest BCUT2D eigenvalue weighted by Crippen LogP contribution is -2.20. The highest BCUT2D eigenvalue weighted by Gasteiger charge is 2.18. The number of nitrogens with one attached hydrogen (secondary N) is 2. The largest absolute Gasteiger partial charge is 0.382 e. The van der Waals surface area contributed by atoms with Gasteiger partial charge in [0, 0.05) is 31.7 Å². The van der Waals surface area contributed by atoms with E-state index >= 15 is 0 Å². The van der Waals surface area contributed by atoms with Gasteiger partial charge in [0.05, 0.1) is 13.2 Å². The second-order valence-corrected chi connectivity index (χ2v) is 5.74. The van der Waals surface area contributed by atoms with Crippen molar-refractivity contribution in [2.75, 3.05) is 44.2 Å². The van der Waals surface area contributed by atoms with E-state index in [0.29, 0.717) is 25.6 Å². The van der Waals surface area contributed by atoms with E-state index in [0.717, 1.165) is 24.6 Å². The predicted molar refractivity (Wildman–Crippen MR) is 84.3 cm³/mol. The number of nitrogen functional groups attached to an aromatic ring is 1. The van der Waals surface area contributed by atoms with Crippen molar-refractivity contribution in [1.82, 2.24) is 9.97 Å². The van der Waals surface area contributed by atoms with Crippen molar-refractivity contribution in [3.8, 4) is 0 Å². The van der Waals surface area contributed by atoms with Gasteiger partial charge in [-0.1, -0.05) is 20.8 Å². The summed E-state index contributed by atoms with van der Waals surface area (Å²) < 4.78 is 10.3. The van der Waals surface area contributed by atoms with E-state index < -0.39 is 0 Å². The molecule has 4 N–H and O–H groups in total. The normalized spacial score (nSPS) is 11.5. The fraction of sp³-hybridized carbons (Fsp3) is 0.714. The zero-order chi connectivity index (χ0) is 15.7. The second-order valence-electron chi connectivity index (χ2n) is 5.74. The molecule has 0 unspecified atom stereocenters. The number of hydrazine groups is 1. The second kappa shape index (κ2) is 8.76. The number of hydrogen-bond acceptors (Lipinski definition) is 7. The van der Waals surface area contributed by atoms with Gasteiger partial charge in [-0.3, -0.25) is 0 Å². The van der Waals surface area contributed by atoms with Gasteiger partial charge < -0.3 is 20.2 Å². The van der Waals surface area contributed by atoms with E-state index in [1.54, 1.807) is 13.2 Å². The van der Waals surface area contributed by atoms with Crippen molar-refractivity contribution in [3.63, 3.8) is 0 Å². The fourth-order valence-electron chi connectivity index (χ4n) is 1.58. The molecular formula is C14H27N5O2. The minimum Gasteiger partial charge on any atom is -0.382 e. The Morgan fingerprint density at radius 1 is 1.14 bits per heavy atom. The topological polar surface area (TPSA) is 94.3 Å². The third-order valence-corrected chi connectivity index (χ3v) is 2.75. The third kappa shape index (κ3) is 6.70. The number of rotatable bonds is 9. The van der Waals surface area contributed by atoms with Crippen LogP contribution in [0.15, 0.2) is 6.07 Å². The molecule has 0 saturated heterocycles. The van der Waals surface area contributed by atoms with E-state index in [2.05, 4.69) is 41.5 Å². The molecule has 0 spiro atoms. The van der Waals surface area contributed by atoms with Gasteiger partial charge >= 0.3 is 0 Å². The molecule has 0 aliphatic heterocycles. The first kappa shape index (κ1) is 17.6. The number of ether oxygens (including phenoxy) is 2. The summed E-state index contributed by atoms with van der Waals surface area (Å²) in [5, 5.41) is 3.26. The van der Waals surface area contributed by atoms with E-state index in [-0.39, 0.29) is 5.41 Å². The minimum absolute atomic E-state index is 0.132. The molecule has 21 heavy (non-hydrogen) atoms. The summed E-state index contributed by atoms with van der Waals surface area (Å²) in [5.41, 5.74) is 2.44. The summed E-state index contributed by atoms with van der Waals surface area (Å²) in [4.78, 5) is 8.90. The minimum atomic E-state index is -0.132. The maximum atomic E-state index is 5.45.